The van der Waals surface area contributed by atoms with E-state index < -0.39 is 0 Å². The molecular weight excluding hydrogens is 306 g/mol. The Morgan fingerprint density at radius 2 is 2.00 bits per heavy atom. The largest absolute Gasteiger partial charge is 0.496 e. The first-order valence-electron chi connectivity index (χ1n) is 5.78. The van der Waals surface area contributed by atoms with Gasteiger partial charge in [-0.05, 0) is 40.2 Å². The number of nitrogen functional groups attached to an aromatic ring is 1. The quantitative estimate of drug-likeness (QED) is 0.788. The van der Waals surface area contributed by atoms with Gasteiger partial charge in [-0.2, -0.15) is 0 Å². The van der Waals surface area contributed by atoms with Gasteiger partial charge in [0.15, 0.2) is 5.65 Å². The average Bonchev–Trinajstić information content (AvgIpc) is 2.78. The van der Waals surface area contributed by atoms with Gasteiger partial charge in [0.05, 0.1) is 11.6 Å². The number of aromatic nitrogens is 2. The van der Waals surface area contributed by atoms with Crippen LogP contribution in [0.5, 0.6) is 5.75 Å². The number of ether oxygens (including phenoxy) is 1. The monoisotopic (exact) mass is 317 g/mol. The fourth-order valence-electron chi connectivity index (χ4n) is 2.09. The van der Waals surface area contributed by atoms with Crippen LogP contribution in [-0.2, 0) is 0 Å². The van der Waals surface area contributed by atoms with E-state index in [2.05, 4.69) is 20.9 Å². The van der Waals surface area contributed by atoms with Gasteiger partial charge in [0, 0.05) is 11.8 Å². The molecule has 0 spiro atoms. The Hall–Kier alpha value is -2.01. The summed E-state index contributed by atoms with van der Waals surface area (Å²) in [6.45, 7) is 0. The minimum Gasteiger partial charge on any atom is -0.496 e. The van der Waals surface area contributed by atoms with E-state index in [0.717, 1.165) is 27.1 Å². The predicted octanol–water partition coefficient (Wildman–Crippen LogP) is 3.35. The molecule has 96 valence electrons. The van der Waals surface area contributed by atoms with Gasteiger partial charge in [0.2, 0.25) is 0 Å². The number of rotatable bonds is 2. The van der Waals surface area contributed by atoms with Gasteiger partial charge in [0.25, 0.3) is 0 Å². The van der Waals surface area contributed by atoms with Crippen molar-refractivity contribution in [3.63, 3.8) is 0 Å². The zero-order chi connectivity index (χ0) is 13.4. The maximum absolute atomic E-state index is 6.19. The van der Waals surface area contributed by atoms with Crippen LogP contribution in [-0.4, -0.2) is 16.5 Å². The van der Waals surface area contributed by atoms with Crippen molar-refractivity contribution in [2.45, 2.75) is 0 Å². The number of para-hydroxylation sites is 1. The molecule has 0 radical (unpaired) electrons. The second-order valence-corrected chi connectivity index (χ2v) is 4.95. The molecule has 0 amide bonds. The van der Waals surface area contributed by atoms with Crippen LogP contribution >= 0.6 is 15.9 Å². The second kappa shape index (κ2) is 4.59. The van der Waals surface area contributed by atoms with Crippen molar-refractivity contribution in [3.05, 3.63) is 47.1 Å². The molecule has 4 nitrogen and oxygen atoms in total. The highest BCUT2D eigenvalue weighted by atomic mass is 79.9. The predicted molar refractivity (Wildman–Crippen MR) is 79.3 cm³/mol. The first-order chi connectivity index (χ1) is 9.22. The molecule has 3 aromatic rings. The lowest BCUT2D eigenvalue weighted by Crippen LogP contribution is -1.95. The lowest BCUT2D eigenvalue weighted by Gasteiger charge is -2.06. The highest BCUT2D eigenvalue weighted by Crippen LogP contribution is 2.34. The molecule has 19 heavy (non-hydrogen) atoms. The highest BCUT2D eigenvalue weighted by Gasteiger charge is 2.15. The second-order valence-electron chi connectivity index (χ2n) is 4.10. The molecule has 5 heteroatoms. The van der Waals surface area contributed by atoms with Gasteiger partial charge in [-0.15, -0.1) is 0 Å². The maximum Gasteiger partial charge on any atom is 0.153 e. The lowest BCUT2D eigenvalue weighted by molar-refractivity contribution is 0.416. The summed E-state index contributed by atoms with van der Waals surface area (Å²) in [4.78, 5) is 4.60. The number of hydrogen-bond donors (Lipinski definition) is 1. The highest BCUT2D eigenvalue weighted by molar-refractivity contribution is 9.10. The van der Waals surface area contributed by atoms with Crippen molar-refractivity contribution in [1.82, 2.24) is 9.38 Å². The van der Waals surface area contributed by atoms with Crippen LogP contribution < -0.4 is 10.5 Å². The number of hydrogen-bond acceptors (Lipinski definition) is 3. The summed E-state index contributed by atoms with van der Waals surface area (Å²) in [6, 6.07) is 11.6. The summed E-state index contributed by atoms with van der Waals surface area (Å²) >= 11 is 3.48. The van der Waals surface area contributed by atoms with E-state index in [9.17, 15) is 0 Å². The smallest absolute Gasteiger partial charge is 0.153 e. The summed E-state index contributed by atoms with van der Waals surface area (Å²) < 4.78 is 8.12. The number of imidazole rings is 1. The number of nitrogens with two attached hydrogens (primary N) is 1. The third-order valence-electron chi connectivity index (χ3n) is 3.00. The van der Waals surface area contributed by atoms with Gasteiger partial charge in [-0.3, -0.25) is 4.40 Å². The summed E-state index contributed by atoms with van der Waals surface area (Å²) in [7, 11) is 1.64. The average molecular weight is 318 g/mol. The topological polar surface area (TPSA) is 52.5 Å². The number of fused-ring (bicyclic) bond motifs is 1. The van der Waals surface area contributed by atoms with Crippen molar-refractivity contribution in [3.8, 4) is 17.0 Å². The summed E-state index contributed by atoms with van der Waals surface area (Å²) in [5.41, 5.74) is 8.59. The number of halogens is 1. The Kier molecular flexibility index (Phi) is 2.91. The van der Waals surface area contributed by atoms with Crippen LogP contribution in [0.15, 0.2) is 47.1 Å². The molecule has 2 heterocycles. The molecule has 1 aromatic carbocycles. The minimum absolute atomic E-state index is 0.598. The van der Waals surface area contributed by atoms with E-state index in [0.29, 0.717) is 5.82 Å². The van der Waals surface area contributed by atoms with Crippen molar-refractivity contribution in [1.29, 1.82) is 0 Å². The van der Waals surface area contributed by atoms with E-state index in [4.69, 9.17) is 10.5 Å². The maximum atomic E-state index is 6.19. The normalized spacial score (nSPS) is 10.8. The zero-order valence-electron chi connectivity index (χ0n) is 10.3. The molecule has 2 N–H and O–H groups in total. The van der Waals surface area contributed by atoms with Crippen LogP contribution in [0.3, 0.4) is 0 Å². The van der Waals surface area contributed by atoms with Gasteiger partial charge >= 0.3 is 0 Å². The number of nitrogens with zero attached hydrogens (tertiary/aromatic N) is 2. The molecule has 0 unspecified atom stereocenters. The Balaban J connectivity index is 2.31. The van der Waals surface area contributed by atoms with E-state index in [1.807, 2.05) is 47.0 Å². The Morgan fingerprint density at radius 3 is 2.74 bits per heavy atom. The molecule has 0 atom stereocenters. The molecule has 3 rings (SSSR count). The van der Waals surface area contributed by atoms with Gasteiger partial charge in [0.1, 0.15) is 17.3 Å². The molecule has 0 aliphatic rings. The number of pyridine rings is 1. The van der Waals surface area contributed by atoms with E-state index in [1.165, 1.54) is 0 Å². The van der Waals surface area contributed by atoms with Crippen LogP contribution in [0, 0.1) is 0 Å². The third-order valence-corrected chi connectivity index (χ3v) is 3.62. The van der Waals surface area contributed by atoms with Crippen molar-refractivity contribution < 1.29 is 4.74 Å². The Labute approximate surface area is 119 Å². The van der Waals surface area contributed by atoms with Crippen LogP contribution in [0.4, 0.5) is 5.82 Å². The zero-order valence-corrected chi connectivity index (χ0v) is 11.9. The molecule has 0 saturated carbocycles. The molecule has 2 aromatic heterocycles. The van der Waals surface area contributed by atoms with Crippen LogP contribution in [0.1, 0.15) is 0 Å². The molecule has 0 aliphatic heterocycles. The fourth-order valence-corrected chi connectivity index (χ4v) is 2.52. The van der Waals surface area contributed by atoms with Crippen LogP contribution in [0.25, 0.3) is 16.9 Å². The molecule has 0 saturated heterocycles. The lowest BCUT2D eigenvalue weighted by atomic mass is 10.1. The van der Waals surface area contributed by atoms with E-state index in [1.54, 1.807) is 7.11 Å². The van der Waals surface area contributed by atoms with E-state index in [-0.39, 0.29) is 0 Å². The third kappa shape index (κ3) is 1.86. The van der Waals surface area contributed by atoms with Gasteiger partial charge in [-0.25, -0.2) is 4.98 Å². The number of anilines is 1. The Morgan fingerprint density at radius 1 is 1.21 bits per heavy atom. The van der Waals surface area contributed by atoms with Crippen molar-refractivity contribution >= 4 is 27.4 Å². The van der Waals surface area contributed by atoms with Crippen LogP contribution in [0.2, 0.25) is 0 Å². The summed E-state index contributed by atoms with van der Waals surface area (Å²) in [6.07, 6.45) is 1.89. The van der Waals surface area contributed by atoms with E-state index >= 15 is 0 Å². The SMILES string of the molecule is COc1ccccc1-c1nc2c(Br)cccn2c1N. The van der Waals surface area contributed by atoms with Crippen molar-refractivity contribution in [2.24, 2.45) is 0 Å². The first-order valence-corrected chi connectivity index (χ1v) is 6.57. The molecule has 0 fully saturated rings. The summed E-state index contributed by atoms with van der Waals surface area (Å²) in [5.74, 6) is 1.36. The summed E-state index contributed by atoms with van der Waals surface area (Å²) in [5, 5.41) is 0. The number of methoxy groups -OCH3 is 1. The van der Waals surface area contributed by atoms with Gasteiger partial charge in [-0.1, -0.05) is 12.1 Å². The standard InChI is InChI=1S/C14H12BrN3O/c1-19-11-7-3-2-5-9(11)12-13(16)18-8-4-6-10(15)14(18)17-12/h2-8H,16H2,1H3. The molecule has 0 bridgehead atoms. The minimum atomic E-state index is 0.598. The molecule has 0 aliphatic carbocycles. The van der Waals surface area contributed by atoms with Gasteiger partial charge < -0.3 is 10.5 Å². The first kappa shape index (κ1) is 12.0. The Bertz CT molecular complexity index is 752. The van der Waals surface area contributed by atoms with Crippen molar-refractivity contribution in [2.75, 3.05) is 12.8 Å². The molecular formula is C14H12BrN3O. The fraction of sp³-hybridized carbons (Fsp3) is 0.0714. The number of benzene rings is 1.